The van der Waals surface area contributed by atoms with E-state index in [1.807, 2.05) is 37.3 Å². The lowest BCUT2D eigenvalue weighted by Gasteiger charge is -2.17. The van der Waals surface area contributed by atoms with Gasteiger partial charge in [0.1, 0.15) is 16.9 Å². The molecule has 0 aromatic heterocycles. The molecule has 2 N–H and O–H groups in total. The van der Waals surface area contributed by atoms with Crippen molar-refractivity contribution >= 4 is 30.1 Å². The predicted octanol–water partition coefficient (Wildman–Crippen LogP) is 3.95. The van der Waals surface area contributed by atoms with E-state index in [4.69, 9.17) is 0 Å². The van der Waals surface area contributed by atoms with Crippen molar-refractivity contribution in [3.05, 3.63) is 65.7 Å². The number of rotatable bonds is 8. The Kier molecular flexibility index (Phi) is 9.49. The van der Waals surface area contributed by atoms with Crippen LogP contribution in [-0.2, 0) is 4.79 Å². The molecule has 0 spiro atoms. The molecule has 0 saturated carbocycles. The minimum atomic E-state index is -0.665. The zero-order chi connectivity index (χ0) is 17.4. The van der Waals surface area contributed by atoms with Gasteiger partial charge in [-0.05, 0) is 24.2 Å². The van der Waals surface area contributed by atoms with Crippen molar-refractivity contribution in [3.63, 3.8) is 0 Å². The van der Waals surface area contributed by atoms with Crippen molar-refractivity contribution in [3.8, 4) is 0 Å². The molecule has 0 heterocycles. The van der Waals surface area contributed by atoms with E-state index in [1.165, 1.54) is 12.1 Å². The number of hydrogen-bond acceptors (Lipinski definition) is 3. The molecule has 2 aromatic carbocycles. The first-order chi connectivity index (χ1) is 11.6. The Bertz CT molecular complexity index is 673. The summed E-state index contributed by atoms with van der Waals surface area (Å²) in [7, 11) is 0. The van der Waals surface area contributed by atoms with Gasteiger partial charge in [0.25, 0.3) is 0 Å². The van der Waals surface area contributed by atoms with E-state index in [-0.39, 0.29) is 23.2 Å². The van der Waals surface area contributed by atoms with Crippen LogP contribution in [0.2, 0.25) is 0 Å². The maximum absolute atomic E-state index is 13.9. The molecular formula is C18H21ClF2N2OS. The van der Waals surface area contributed by atoms with Crippen LogP contribution in [0, 0.1) is 11.6 Å². The Morgan fingerprint density at radius 3 is 2.48 bits per heavy atom. The molecule has 2 aromatic rings. The molecule has 0 aliphatic carbocycles. The quantitative estimate of drug-likeness (QED) is 0.533. The lowest BCUT2D eigenvalue weighted by atomic mass is 10.1. The largest absolute Gasteiger partial charge is 0.354 e. The van der Waals surface area contributed by atoms with Gasteiger partial charge in [0, 0.05) is 24.1 Å². The number of thioether (sulfide) groups is 1. The lowest BCUT2D eigenvalue weighted by Crippen LogP contribution is -2.34. The first kappa shape index (κ1) is 21.4. The molecule has 0 radical (unpaired) electrons. The van der Waals surface area contributed by atoms with E-state index in [2.05, 4.69) is 10.6 Å². The third kappa shape index (κ3) is 6.65. The average Bonchev–Trinajstić information content (AvgIpc) is 2.58. The van der Waals surface area contributed by atoms with Gasteiger partial charge < -0.3 is 10.6 Å². The van der Waals surface area contributed by atoms with Crippen LogP contribution in [0.3, 0.4) is 0 Å². The van der Waals surface area contributed by atoms with E-state index >= 15 is 0 Å². The number of likely N-dealkylation sites (N-methyl/N-ethyl adjacent to an activating group) is 1. The zero-order valence-corrected chi connectivity index (χ0v) is 15.4. The summed E-state index contributed by atoms with van der Waals surface area (Å²) in [5.41, 5.74) is 0.771. The molecule has 0 aliphatic rings. The van der Waals surface area contributed by atoms with E-state index in [1.54, 1.807) is 0 Å². The fourth-order valence-electron chi connectivity index (χ4n) is 2.14. The van der Waals surface area contributed by atoms with Crippen LogP contribution in [0.4, 0.5) is 8.78 Å². The second-order valence-electron chi connectivity index (χ2n) is 5.13. The number of amides is 1. The van der Waals surface area contributed by atoms with Gasteiger partial charge in [-0.3, -0.25) is 4.79 Å². The molecule has 3 nitrogen and oxygen atoms in total. The smallest absolute Gasteiger partial charge is 0.238 e. The van der Waals surface area contributed by atoms with Gasteiger partial charge in [-0.15, -0.1) is 24.2 Å². The predicted molar refractivity (Wildman–Crippen MR) is 100 cm³/mol. The highest BCUT2D eigenvalue weighted by Crippen LogP contribution is 2.36. The lowest BCUT2D eigenvalue weighted by molar-refractivity contribution is -0.120. The second-order valence-corrected chi connectivity index (χ2v) is 6.27. The molecule has 0 aliphatic heterocycles. The van der Waals surface area contributed by atoms with Crippen molar-refractivity contribution in [2.45, 2.75) is 17.1 Å². The molecule has 0 bridgehead atoms. The van der Waals surface area contributed by atoms with Crippen LogP contribution in [0.5, 0.6) is 0 Å². The van der Waals surface area contributed by atoms with Gasteiger partial charge in [-0.2, -0.15) is 0 Å². The van der Waals surface area contributed by atoms with E-state index in [0.717, 1.165) is 29.9 Å². The van der Waals surface area contributed by atoms with Crippen LogP contribution in [0.1, 0.15) is 17.7 Å². The summed E-state index contributed by atoms with van der Waals surface area (Å²) in [6.45, 7) is 3.97. The number of hydrogen-bond donors (Lipinski definition) is 2. The summed E-state index contributed by atoms with van der Waals surface area (Å²) in [5, 5.41) is 5.37. The summed E-state index contributed by atoms with van der Waals surface area (Å²) in [6.07, 6.45) is 0. The summed E-state index contributed by atoms with van der Waals surface area (Å²) < 4.78 is 27.0. The maximum Gasteiger partial charge on any atom is 0.238 e. The monoisotopic (exact) mass is 386 g/mol. The van der Waals surface area contributed by atoms with Gasteiger partial charge in [0.2, 0.25) is 5.91 Å². The fourth-order valence-corrected chi connectivity index (χ4v) is 3.20. The molecule has 1 atom stereocenters. The van der Waals surface area contributed by atoms with Crippen LogP contribution in [0.15, 0.2) is 53.4 Å². The maximum atomic E-state index is 13.9. The third-order valence-corrected chi connectivity index (χ3v) is 4.64. The third-order valence-electron chi connectivity index (χ3n) is 3.33. The van der Waals surface area contributed by atoms with Gasteiger partial charge in [0.05, 0.1) is 0 Å². The van der Waals surface area contributed by atoms with E-state index < -0.39 is 16.9 Å². The number of carbonyl (C=O) groups excluding carboxylic acids is 1. The molecule has 136 valence electrons. The molecule has 0 saturated heterocycles. The minimum Gasteiger partial charge on any atom is -0.354 e. The SMILES string of the molecule is CCNCCNC(=O)C(Sc1ccc(F)cc1F)c1ccccc1.Cl. The second kappa shape index (κ2) is 11.1. The van der Waals surface area contributed by atoms with Crippen molar-refractivity contribution in [2.75, 3.05) is 19.6 Å². The average molecular weight is 387 g/mol. The van der Waals surface area contributed by atoms with Crippen molar-refractivity contribution in [1.29, 1.82) is 0 Å². The molecule has 1 amide bonds. The topological polar surface area (TPSA) is 41.1 Å². The van der Waals surface area contributed by atoms with Crippen LogP contribution >= 0.6 is 24.2 Å². The standard InChI is InChI=1S/C18H20F2N2OS.ClH/c1-2-21-10-11-22-18(23)17(13-6-4-3-5-7-13)24-16-9-8-14(19)12-15(16)20;/h3-9,12,17,21H,2,10-11H2,1H3,(H,22,23);1H. The first-order valence-electron chi connectivity index (χ1n) is 7.77. The highest BCUT2D eigenvalue weighted by Gasteiger charge is 2.23. The summed E-state index contributed by atoms with van der Waals surface area (Å²) in [6, 6.07) is 12.5. The van der Waals surface area contributed by atoms with E-state index in [9.17, 15) is 13.6 Å². The molecular weight excluding hydrogens is 366 g/mol. The van der Waals surface area contributed by atoms with Crippen LogP contribution < -0.4 is 10.6 Å². The normalized spacial score (nSPS) is 11.5. The summed E-state index contributed by atoms with van der Waals surface area (Å²) >= 11 is 1.07. The zero-order valence-electron chi connectivity index (χ0n) is 13.8. The van der Waals surface area contributed by atoms with Gasteiger partial charge in [0.15, 0.2) is 0 Å². The molecule has 2 rings (SSSR count). The highest BCUT2D eigenvalue weighted by atomic mass is 35.5. The number of halogens is 3. The van der Waals surface area contributed by atoms with Crippen LogP contribution in [0.25, 0.3) is 0 Å². The van der Waals surface area contributed by atoms with Gasteiger partial charge in [-0.1, -0.05) is 37.3 Å². The Labute approximate surface area is 157 Å². The first-order valence-corrected chi connectivity index (χ1v) is 8.65. The van der Waals surface area contributed by atoms with Gasteiger partial charge in [-0.25, -0.2) is 8.78 Å². The Hall–Kier alpha value is -1.63. The molecule has 25 heavy (non-hydrogen) atoms. The van der Waals surface area contributed by atoms with Crippen molar-refractivity contribution in [1.82, 2.24) is 10.6 Å². The number of carbonyl (C=O) groups is 1. The van der Waals surface area contributed by atoms with E-state index in [0.29, 0.717) is 13.1 Å². The Morgan fingerprint density at radius 2 is 1.84 bits per heavy atom. The van der Waals surface area contributed by atoms with Crippen LogP contribution in [-0.4, -0.2) is 25.5 Å². The number of nitrogens with one attached hydrogen (secondary N) is 2. The molecule has 1 unspecified atom stereocenters. The Morgan fingerprint density at radius 1 is 1.12 bits per heavy atom. The highest BCUT2D eigenvalue weighted by molar-refractivity contribution is 8.00. The minimum absolute atomic E-state index is 0. The Balaban J connectivity index is 0.00000312. The fraction of sp³-hybridized carbons (Fsp3) is 0.278. The van der Waals surface area contributed by atoms with Gasteiger partial charge >= 0.3 is 0 Å². The molecule has 0 fully saturated rings. The van der Waals surface area contributed by atoms with Crippen molar-refractivity contribution in [2.24, 2.45) is 0 Å². The summed E-state index contributed by atoms with van der Waals surface area (Å²) in [4.78, 5) is 12.8. The summed E-state index contributed by atoms with van der Waals surface area (Å²) in [5.74, 6) is -1.50. The molecule has 7 heteroatoms. The van der Waals surface area contributed by atoms with Crippen molar-refractivity contribution < 1.29 is 13.6 Å². The number of benzene rings is 2.